The van der Waals surface area contributed by atoms with Crippen LogP contribution in [0.1, 0.15) is 25.3 Å². The molecule has 4 nitrogen and oxygen atoms in total. The lowest BCUT2D eigenvalue weighted by atomic mass is 10.1. The predicted octanol–water partition coefficient (Wildman–Crippen LogP) is 2.31. The number of carbonyl (C=O) groups is 1. The molecule has 1 aromatic rings. The summed E-state index contributed by atoms with van der Waals surface area (Å²) in [4.78, 5) is 14.5. The van der Waals surface area contributed by atoms with Crippen LogP contribution in [-0.2, 0) is 4.79 Å². The molecule has 1 N–H and O–H groups in total. The average Bonchev–Trinajstić information content (AvgIpc) is 2.96. The summed E-state index contributed by atoms with van der Waals surface area (Å²) in [5.74, 6) is 0.892. The van der Waals surface area contributed by atoms with Crippen molar-refractivity contribution in [3.05, 3.63) is 35.9 Å². The molecular weight excluding hydrogens is 264 g/mol. The Kier molecular flexibility index (Phi) is 5.39. The van der Waals surface area contributed by atoms with Crippen molar-refractivity contribution in [1.82, 2.24) is 10.2 Å². The number of likely N-dealkylation sites (N-methyl/N-ethyl adjacent to an activating group) is 1. The molecule has 1 fully saturated rings. The zero-order valence-electron chi connectivity index (χ0n) is 13.1. The first-order chi connectivity index (χ1) is 10.2. The largest absolute Gasteiger partial charge is 0.496 e. The fraction of sp³-hybridized carbons (Fsp3) is 0.471. The molecular formula is C17H24N2O2. The zero-order chi connectivity index (χ0) is 15.2. The monoisotopic (exact) mass is 288 g/mol. The van der Waals surface area contributed by atoms with E-state index in [1.165, 1.54) is 0 Å². The summed E-state index contributed by atoms with van der Waals surface area (Å²) >= 11 is 0. The van der Waals surface area contributed by atoms with E-state index >= 15 is 0 Å². The Morgan fingerprint density at radius 1 is 1.48 bits per heavy atom. The molecule has 0 spiro atoms. The standard InChI is InChI=1S/C17H24N2O2/c1-13(15-8-4-5-9-16(15)21-3)11-17(20)19-10-6-7-14(19)12-18-2/h4-5,8-9,11,14,18H,6-7,10,12H2,1-3H3. The number of nitrogens with one attached hydrogen (secondary N) is 1. The van der Waals surface area contributed by atoms with Gasteiger partial charge in [-0.25, -0.2) is 0 Å². The van der Waals surface area contributed by atoms with E-state index in [-0.39, 0.29) is 5.91 Å². The van der Waals surface area contributed by atoms with E-state index in [2.05, 4.69) is 5.32 Å². The highest BCUT2D eigenvalue weighted by atomic mass is 16.5. The summed E-state index contributed by atoms with van der Waals surface area (Å²) in [6.45, 7) is 3.66. The van der Waals surface area contributed by atoms with Crippen LogP contribution in [0.3, 0.4) is 0 Å². The van der Waals surface area contributed by atoms with Crippen LogP contribution in [0.25, 0.3) is 5.57 Å². The predicted molar refractivity (Wildman–Crippen MR) is 85.3 cm³/mol. The van der Waals surface area contributed by atoms with Crippen molar-refractivity contribution in [2.24, 2.45) is 0 Å². The third-order valence-corrected chi connectivity index (χ3v) is 3.97. The fourth-order valence-electron chi connectivity index (χ4n) is 2.89. The van der Waals surface area contributed by atoms with Gasteiger partial charge in [0.1, 0.15) is 5.75 Å². The third kappa shape index (κ3) is 3.64. The molecule has 4 heteroatoms. The summed E-state index contributed by atoms with van der Waals surface area (Å²) in [5.41, 5.74) is 1.91. The van der Waals surface area contributed by atoms with E-state index in [0.717, 1.165) is 42.8 Å². The number of amides is 1. The molecule has 0 radical (unpaired) electrons. The lowest BCUT2D eigenvalue weighted by molar-refractivity contribution is -0.126. The average molecular weight is 288 g/mol. The molecule has 1 heterocycles. The minimum atomic E-state index is 0.0937. The Morgan fingerprint density at radius 3 is 2.95 bits per heavy atom. The van der Waals surface area contributed by atoms with Gasteiger partial charge in [-0.15, -0.1) is 0 Å². The molecule has 1 saturated heterocycles. The quantitative estimate of drug-likeness (QED) is 0.845. The first kappa shape index (κ1) is 15.6. The van der Waals surface area contributed by atoms with Gasteiger partial charge in [-0.05, 0) is 38.5 Å². The third-order valence-electron chi connectivity index (χ3n) is 3.97. The Labute approximate surface area is 126 Å². The van der Waals surface area contributed by atoms with Crippen molar-refractivity contribution < 1.29 is 9.53 Å². The number of hydrogen-bond donors (Lipinski definition) is 1. The molecule has 21 heavy (non-hydrogen) atoms. The number of likely N-dealkylation sites (tertiary alicyclic amines) is 1. The Balaban J connectivity index is 2.16. The first-order valence-corrected chi connectivity index (χ1v) is 7.44. The summed E-state index contributed by atoms with van der Waals surface area (Å²) in [5, 5.41) is 3.16. The van der Waals surface area contributed by atoms with E-state index < -0.39 is 0 Å². The number of carbonyl (C=O) groups excluding carboxylic acids is 1. The normalized spacial score (nSPS) is 18.9. The number of para-hydroxylation sites is 1. The summed E-state index contributed by atoms with van der Waals surface area (Å²) < 4.78 is 5.36. The number of ether oxygens (including phenoxy) is 1. The Hall–Kier alpha value is -1.81. The van der Waals surface area contributed by atoms with Gasteiger partial charge in [-0.2, -0.15) is 0 Å². The Bertz CT molecular complexity index is 525. The minimum absolute atomic E-state index is 0.0937. The maximum atomic E-state index is 12.5. The van der Waals surface area contributed by atoms with Gasteiger partial charge in [0.05, 0.1) is 7.11 Å². The van der Waals surface area contributed by atoms with E-state index in [9.17, 15) is 4.79 Å². The van der Waals surface area contributed by atoms with Crippen LogP contribution in [-0.4, -0.2) is 44.1 Å². The van der Waals surface area contributed by atoms with Crippen LogP contribution < -0.4 is 10.1 Å². The molecule has 1 aliphatic heterocycles. The fourth-order valence-corrected chi connectivity index (χ4v) is 2.89. The number of methoxy groups -OCH3 is 1. The molecule has 1 unspecified atom stereocenters. The molecule has 0 bridgehead atoms. The number of nitrogens with zero attached hydrogens (tertiary/aromatic N) is 1. The van der Waals surface area contributed by atoms with Crippen molar-refractivity contribution >= 4 is 11.5 Å². The summed E-state index contributed by atoms with van der Waals surface area (Å²) in [7, 11) is 3.58. The van der Waals surface area contributed by atoms with E-state index in [4.69, 9.17) is 4.74 Å². The number of rotatable bonds is 5. The van der Waals surface area contributed by atoms with Gasteiger partial charge >= 0.3 is 0 Å². The van der Waals surface area contributed by atoms with E-state index in [0.29, 0.717) is 6.04 Å². The van der Waals surface area contributed by atoms with Crippen molar-refractivity contribution in [2.45, 2.75) is 25.8 Å². The highest BCUT2D eigenvalue weighted by Gasteiger charge is 2.27. The zero-order valence-corrected chi connectivity index (χ0v) is 13.1. The number of benzene rings is 1. The molecule has 1 amide bonds. The van der Waals surface area contributed by atoms with Gasteiger partial charge in [-0.1, -0.05) is 18.2 Å². The number of hydrogen-bond acceptors (Lipinski definition) is 3. The first-order valence-electron chi connectivity index (χ1n) is 7.44. The van der Waals surface area contributed by atoms with Gasteiger partial charge in [0, 0.05) is 30.8 Å². The van der Waals surface area contributed by atoms with Gasteiger partial charge in [0.2, 0.25) is 5.91 Å². The molecule has 0 saturated carbocycles. The van der Waals surface area contributed by atoms with Gasteiger partial charge in [-0.3, -0.25) is 4.79 Å². The van der Waals surface area contributed by atoms with Crippen LogP contribution in [0.4, 0.5) is 0 Å². The summed E-state index contributed by atoms with van der Waals surface area (Å²) in [6, 6.07) is 8.09. The maximum Gasteiger partial charge on any atom is 0.247 e. The molecule has 114 valence electrons. The molecule has 1 aliphatic rings. The lowest BCUT2D eigenvalue weighted by Crippen LogP contribution is -2.40. The van der Waals surface area contributed by atoms with Gasteiger partial charge in [0.25, 0.3) is 0 Å². The maximum absolute atomic E-state index is 12.5. The van der Waals surface area contributed by atoms with Crippen molar-refractivity contribution in [2.75, 3.05) is 27.2 Å². The summed E-state index contributed by atoms with van der Waals surface area (Å²) in [6.07, 6.45) is 3.89. The molecule has 0 aromatic heterocycles. The second-order valence-electron chi connectivity index (χ2n) is 5.41. The topological polar surface area (TPSA) is 41.6 Å². The Morgan fingerprint density at radius 2 is 2.24 bits per heavy atom. The molecule has 2 rings (SSSR count). The van der Waals surface area contributed by atoms with E-state index in [1.54, 1.807) is 13.2 Å². The highest BCUT2D eigenvalue weighted by molar-refractivity contribution is 5.95. The molecule has 1 atom stereocenters. The minimum Gasteiger partial charge on any atom is -0.496 e. The van der Waals surface area contributed by atoms with Crippen molar-refractivity contribution in [1.29, 1.82) is 0 Å². The van der Waals surface area contributed by atoms with Gasteiger partial charge < -0.3 is 15.0 Å². The lowest BCUT2D eigenvalue weighted by Gasteiger charge is -2.23. The second-order valence-corrected chi connectivity index (χ2v) is 5.41. The van der Waals surface area contributed by atoms with E-state index in [1.807, 2.05) is 43.1 Å². The van der Waals surface area contributed by atoms with Crippen molar-refractivity contribution in [3.8, 4) is 5.75 Å². The highest BCUT2D eigenvalue weighted by Crippen LogP contribution is 2.26. The van der Waals surface area contributed by atoms with Crippen LogP contribution in [0.2, 0.25) is 0 Å². The smallest absolute Gasteiger partial charge is 0.247 e. The number of allylic oxidation sites excluding steroid dienone is 1. The van der Waals surface area contributed by atoms with Gasteiger partial charge in [0.15, 0.2) is 0 Å². The van der Waals surface area contributed by atoms with Crippen molar-refractivity contribution in [3.63, 3.8) is 0 Å². The van der Waals surface area contributed by atoms with Crippen LogP contribution >= 0.6 is 0 Å². The second kappa shape index (κ2) is 7.27. The SMILES string of the molecule is CNCC1CCCN1C(=O)C=C(C)c1ccccc1OC. The van der Waals surface area contributed by atoms with Crippen LogP contribution in [0.15, 0.2) is 30.3 Å². The molecule has 1 aromatic carbocycles. The van der Waals surface area contributed by atoms with Crippen LogP contribution in [0.5, 0.6) is 5.75 Å². The molecule has 0 aliphatic carbocycles. The van der Waals surface area contributed by atoms with Crippen LogP contribution in [0, 0.1) is 0 Å².